The molecule has 0 aliphatic carbocycles. The summed E-state index contributed by atoms with van der Waals surface area (Å²) in [5.74, 6) is -0.587. The van der Waals surface area contributed by atoms with Gasteiger partial charge in [0.2, 0.25) is 0 Å². The van der Waals surface area contributed by atoms with Crippen molar-refractivity contribution in [2.24, 2.45) is 0 Å². The van der Waals surface area contributed by atoms with Crippen LogP contribution in [0.1, 0.15) is 25.0 Å². The second-order valence-corrected chi connectivity index (χ2v) is 8.67. The number of carbonyl (C=O) groups excluding carboxylic acids is 1. The number of aromatic nitrogens is 2. The standard InChI is InChI=1S/C28H26FN3O2/c1-28(2,32-26(33)18-17-25(30-32)23-13-15-24(29)16-14-23)27(34)31(19-21-9-5-3-6-10-21)20-22-11-7-4-8-12-22/h3-18H,19-20H2,1-2H3. The van der Waals surface area contributed by atoms with Crippen molar-refractivity contribution in [1.29, 1.82) is 0 Å². The van der Waals surface area contributed by atoms with Crippen LogP contribution in [0.5, 0.6) is 0 Å². The van der Waals surface area contributed by atoms with Crippen LogP contribution in [0.3, 0.4) is 0 Å². The number of carbonyl (C=O) groups is 1. The molecular weight excluding hydrogens is 429 g/mol. The van der Waals surface area contributed by atoms with Crippen LogP contribution in [0.25, 0.3) is 11.3 Å². The largest absolute Gasteiger partial charge is 0.332 e. The van der Waals surface area contributed by atoms with E-state index in [0.717, 1.165) is 11.1 Å². The van der Waals surface area contributed by atoms with Crippen molar-refractivity contribution in [3.05, 3.63) is 124 Å². The number of rotatable bonds is 7. The van der Waals surface area contributed by atoms with E-state index in [1.54, 1.807) is 36.9 Å². The zero-order valence-electron chi connectivity index (χ0n) is 19.2. The molecule has 0 unspecified atom stereocenters. The average molecular weight is 456 g/mol. The lowest BCUT2D eigenvalue weighted by atomic mass is 10.0. The molecule has 1 aromatic heterocycles. The van der Waals surface area contributed by atoms with Crippen molar-refractivity contribution in [3.8, 4) is 11.3 Å². The summed E-state index contributed by atoms with van der Waals surface area (Å²) >= 11 is 0. The number of hydrogen-bond donors (Lipinski definition) is 0. The van der Waals surface area contributed by atoms with Crippen molar-refractivity contribution in [2.75, 3.05) is 0 Å². The summed E-state index contributed by atoms with van der Waals surface area (Å²) in [6, 6.07) is 28.3. The molecule has 0 atom stereocenters. The molecule has 4 aromatic rings. The number of halogens is 1. The van der Waals surface area contributed by atoms with Crippen molar-refractivity contribution in [3.63, 3.8) is 0 Å². The molecule has 3 aromatic carbocycles. The Morgan fingerprint density at radius 3 is 1.88 bits per heavy atom. The SMILES string of the molecule is CC(C)(C(=O)N(Cc1ccccc1)Cc1ccccc1)n1nc(-c2ccc(F)cc2)ccc1=O. The first kappa shape index (κ1) is 23.1. The molecule has 5 nitrogen and oxygen atoms in total. The number of benzene rings is 3. The van der Waals surface area contributed by atoms with Crippen molar-refractivity contribution in [2.45, 2.75) is 32.5 Å². The monoisotopic (exact) mass is 455 g/mol. The van der Waals surface area contributed by atoms with Crippen LogP contribution in [0, 0.1) is 5.82 Å². The van der Waals surface area contributed by atoms with E-state index >= 15 is 0 Å². The predicted molar refractivity (Wildman–Crippen MR) is 130 cm³/mol. The van der Waals surface area contributed by atoms with Crippen LogP contribution in [-0.4, -0.2) is 20.6 Å². The van der Waals surface area contributed by atoms with E-state index in [9.17, 15) is 14.0 Å². The Kier molecular flexibility index (Phi) is 6.68. The molecule has 0 bridgehead atoms. The van der Waals surface area contributed by atoms with Gasteiger partial charge in [-0.05, 0) is 55.3 Å². The maximum atomic E-state index is 13.9. The molecule has 0 saturated heterocycles. The molecular formula is C28H26FN3O2. The van der Waals surface area contributed by atoms with Gasteiger partial charge in [0.05, 0.1) is 5.69 Å². The summed E-state index contributed by atoms with van der Waals surface area (Å²) in [4.78, 5) is 28.5. The average Bonchev–Trinajstić information content (AvgIpc) is 2.85. The normalized spacial score (nSPS) is 11.3. The van der Waals surface area contributed by atoms with Crippen LogP contribution >= 0.6 is 0 Å². The maximum absolute atomic E-state index is 13.9. The van der Waals surface area contributed by atoms with E-state index in [2.05, 4.69) is 5.10 Å². The Morgan fingerprint density at radius 2 is 1.35 bits per heavy atom. The van der Waals surface area contributed by atoms with Gasteiger partial charge in [-0.1, -0.05) is 60.7 Å². The van der Waals surface area contributed by atoms with Gasteiger partial charge in [-0.25, -0.2) is 9.07 Å². The third-order valence-electron chi connectivity index (χ3n) is 5.71. The zero-order chi connectivity index (χ0) is 24.1. The molecule has 172 valence electrons. The van der Waals surface area contributed by atoms with Gasteiger partial charge in [-0.15, -0.1) is 0 Å². The van der Waals surface area contributed by atoms with E-state index < -0.39 is 5.54 Å². The quantitative estimate of drug-likeness (QED) is 0.394. The van der Waals surface area contributed by atoms with Gasteiger partial charge >= 0.3 is 0 Å². The van der Waals surface area contributed by atoms with Crippen LogP contribution in [0.4, 0.5) is 4.39 Å². The van der Waals surface area contributed by atoms with E-state index in [1.807, 2.05) is 60.7 Å². The van der Waals surface area contributed by atoms with E-state index in [-0.39, 0.29) is 17.3 Å². The van der Waals surface area contributed by atoms with Gasteiger partial charge < -0.3 is 4.90 Å². The van der Waals surface area contributed by atoms with Crippen molar-refractivity contribution >= 4 is 5.91 Å². The van der Waals surface area contributed by atoms with E-state index in [1.165, 1.54) is 22.9 Å². The molecule has 0 fully saturated rings. The van der Waals surface area contributed by atoms with Crippen molar-refractivity contribution in [1.82, 2.24) is 14.7 Å². The van der Waals surface area contributed by atoms with Crippen molar-refractivity contribution < 1.29 is 9.18 Å². The second kappa shape index (κ2) is 9.83. The van der Waals surface area contributed by atoms with Crippen LogP contribution in [0.15, 0.2) is 102 Å². The van der Waals surface area contributed by atoms with Gasteiger partial charge in [-0.2, -0.15) is 5.10 Å². The van der Waals surface area contributed by atoms with Crippen LogP contribution in [0.2, 0.25) is 0 Å². The highest BCUT2D eigenvalue weighted by molar-refractivity contribution is 5.83. The van der Waals surface area contributed by atoms with E-state index in [0.29, 0.717) is 24.3 Å². The van der Waals surface area contributed by atoms with E-state index in [4.69, 9.17) is 0 Å². The van der Waals surface area contributed by atoms with Crippen LogP contribution in [-0.2, 0) is 23.4 Å². The third-order valence-corrected chi connectivity index (χ3v) is 5.71. The lowest BCUT2D eigenvalue weighted by Crippen LogP contribution is -2.50. The second-order valence-electron chi connectivity index (χ2n) is 8.67. The first-order valence-corrected chi connectivity index (χ1v) is 11.1. The summed E-state index contributed by atoms with van der Waals surface area (Å²) < 4.78 is 14.6. The summed E-state index contributed by atoms with van der Waals surface area (Å²) in [6.45, 7) is 4.18. The molecule has 4 rings (SSSR count). The molecule has 34 heavy (non-hydrogen) atoms. The van der Waals surface area contributed by atoms with Gasteiger partial charge in [0, 0.05) is 24.7 Å². The molecule has 0 spiro atoms. The molecule has 0 aliphatic heterocycles. The molecule has 0 saturated carbocycles. The topological polar surface area (TPSA) is 55.2 Å². The fourth-order valence-corrected chi connectivity index (χ4v) is 3.87. The smallest absolute Gasteiger partial charge is 0.267 e. The Labute approximate surface area is 198 Å². The van der Waals surface area contributed by atoms with Gasteiger partial charge in [0.25, 0.3) is 11.5 Å². The molecule has 0 N–H and O–H groups in total. The number of hydrogen-bond acceptors (Lipinski definition) is 3. The fraction of sp³-hybridized carbons (Fsp3) is 0.179. The lowest BCUT2D eigenvalue weighted by molar-refractivity contribution is -0.141. The Morgan fingerprint density at radius 1 is 0.824 bits per heavy atom. The zero-order valence-corrected chi connectivity index (χ0v) is 19.2. The first-order chi connectivity index (χ1) is 16.3. The minimum atomic E-state index is -1.25. The molecule has 0 radical (unpaired) electrons. The van der Waals surface area contributed by atoms with Gasteiger partial charge in [0.1, 0.15) is 11.4 Å². The highest BCUT2D eigenvalue weighted by Crippen LogP contribution is 2.22. The lowest BCUT2D eigenvalue weighted by Gasteiger charge is -2.33. The summed E-state index contributed by atoms with van der Waals surface area (Å²) in [6.07, 6.45) is 0. The molecule has 0 aliphatic rings. The highest BCUT2D eigenvalue weighted by Gasteiger charge is 2.36. The Hall–Kier alpha value is -4.06. The number of amides is 1. The highest BCUT2D eigenvalue weighted by atomic mass is 19.1. The first-order valence-electron chi connectivity index (χ1n) is 11.1. The van der Waals surface area contributed by atoms with Gasteiger partial charge in [-0.3, -0.25) is 9.59 Å². The third kappa shape index (κ3) is 5.12. The molecule has 6 heteroatoms. The van der Waals surface area contributed by atoms with Crippen LogP contribution < -0.4 is 5.56 Å². The predicted octanol–water partition coefficient (Wildman–Crippen LogP) is 5.01. The molecule has 1 heterocycles. The maximum Gasteiger partial charge on any atom is 0.267 e. The Bertz CT molecular complexity index is 1280. The summed E-state index contributed by atoms with van der Waals surface area (Å²) in [7, 11) is 0. The minimum absolute atomic E-state index is 0.230. The number of nitrogens with zero attached hydrogens (tertiary/aromatic N) is 3. The summed E-state index contributed by atoms with van der Waals surface area (Å²) in [5.41, 5.74) is 1.48. The fourth-order valence-electron chi connectivity index (χ4n) is 3.87. The Balaban J connectivity index is 1.70. The minimum Gasteiger partial charge on any atom is -0.332 e. The van der Waals surface area contributed by atoms with Gasteiger partial charge in [0.15, 0.2) is 0 Å². The molecule has 1 amide bonds. The summed E-state index contributed by atoms with van der Waals surface area (Å²) in [5, 5.41) is 4.50.